The van der Waals surface area contributed by atoms with Gasteiger partial charge in [0.15, 0.2) is 0 Å². The van der Waals surface area contributed by atoms with Crippen LogP contribution >= 0.6 is 11.3 Å². The van der Waals surface area contributed by atoms with E-state index in [1.165, 1.54) is 0 Å². The smallest absolute Gasteiger partial charge is 0.216 e. The summed E-state index contributed by atoms with van der Waals surface area (Å²) in [5.74, 6) is 0.592. The van der Waals surface area contributed by atoms with Gasteiger partial charge in [-0.15, -0.1) is 11.3 Å². The summed E-state index contributed by atoms with van der Waals surface area (Å²) >= 11 is 1.59. The molecule has 3 aromatic rings. The van der Waals surface area contributed by atoms with Gasteiger partial charge in [-0.2, -0.15) is 0 Å². The number of thiophene rings is 1. The van der Waals surface area contributed by atoms with Crippen molar-refractivity contribution in [2.24, 2.45) is 0 Å². The first-order valence-corrected chi connectivity index (χ1v) is 7.03. The standard InChI is InChI=1S/C15H14N2OS/c1-2-18-13-8-12(16)14-11(9-19-15(14)17-13)10-6-4-3-5-7-10/h3-9H,2H2,1H3,(H2,16,17). The van der Waals surface area contributed by atoms with Crippen LogP contribution in [0.15, 0.2) is 41.8 Å². The van der Waals surface area contributed by atoms with Gasteiger partial charge in [0.2, 0.25) is 5.88 Å². The summed E-state index contributed by atoms with van der Waals surface area (Å²) < 4.78 is 5.43. The first-order valence-electron chi connectivity index (χ1n) is 6.15. The summed E-state index contributed by atoms with van der Waals surface area (Å²) in [4.78, 5) is 5.41. The van der Waals surface area contributed by atoms with Crippen molar-refractivity contribution in [3.8, 4) is 17.0 Å². The summed E-state index contributed by atoms with van der Waals surface area (Å²) in [7, 11) is 0. The van der Waals surface area contributed by atoms with Gasteiger partial charge in [0.05, 0.1) is 6.61 Å². The van der Waals surface area contributed by atoms with E-state index in [2.05, 4.69) is 22.5 Å². The average Bonchev–Trinajstić information content (AvgIpc) is 2.84. The number of benzene rings is 1. The molecule has 0 amide bonds. The minimum Gasteiger partial charge on any atom is -0.478 e. The number of hydrogen-bond acceptors (Lipinski definition) is 4. The average molecular weight is 270 g/mol. The summed E-state index contributed by atoms with van der Waals surface area (Å²) in [6.45, 7) is 2.53. The fourth-order valence-electron chi connectivity index (χ4n) is 2.10. The zero-order valence-corrected chi connectivity index (χ0v) is 11.4. The molecule has 19 heavy (non-hydrogen) atoms. The number of anilines is 1. The summed E-state index contributed by atoms with van der Waals surface area (Å²) in [5.41, 5.74) is 9.16. The Kier molecular flexibility index (Phi) is 3.09. The maximum Gasteiger partial charge on any atom is 0.216 e. The van der Waals surface area contributed by atoms with Gasteiger partial charge < -0.3 is 10.5 Å². The van der Waals surface area contributed by atoms with Crippen molar-refractivity contribution < 1.29 is 4.74 Å². The Labute approximate surface area is 115 Å². The van der Waals surface area contributed by atoms with E-state index in [4.69, 9.17) is 10.5 Å². The van der Waals surface area contributed by atoms with Gasteiger partial charge in [-0.3, -0.25) is 0 Å². The molecule has 0 saturated carbocycles. The number of rotatable bonds is 3. The largest absolute Gasteiger partial charge is 0.478 e. The Morgan fingerprint density at radius 2 is 2.05 bits per heavy atom. The van der Waals surface area contributed by atoms with Crippen molar-refractivity contribution in [3.63, 3.8) is 0 Å². The lowest BCUT2D eigenvalue weighted by Crippen LogP contribution is -1.96. The van der Waals surface area contributed by atoms with E-state index < -0.39 is 0 Å². The van der Waals surface area contributed by atoms with E-state index in [0.29, 0.717) is 18.2 Å². The predicted molar refractivity (Wildman–Crippen MR) is 80.6 cm³/mol. The van der Waals surface area contributed by atoms with Crippen molar-refractivity contribution in [2.75, 3.05) is 12.3 Å². The van der Waals surface area contributed by atoms with Crippen LogP contribution in [0.1, 0.15) is 6.92 Å². The normalized spacial score (nSPS) is 10.8. The second-order valence-electron chi connectivity index (χ2n) is 4.18. The lowest BCUT2D eigenvalue weighted by atomic mass is 10.1. The molecule has 2 N–H and O–H groups in total. The molecule has 0 atom stereocenters. The number of ether oxygens (including phenoxy) is 1. The van der Waals surface area contributed by atoms with Gasteiger partial charge in [0.1, 0.15) is 4.83 Å². The third-order valence-electron chi connectivity index (χ3n) is 2.93. The number of pyridine rings is 1. The molecule has 4 heteroatoms. The number of nitrogens with zero attached hydrogens (tertiary/aromatic N) is 1. The highest BCUT2D eigenvalue weighted by Crippen LogP contribution is 2.37. The number of fused-ring (bicyclic) bond motifs is 1. The molecule has 0 radical (unpaired) electrons. The van der Waals surface area contributed by atoms with Gasteiger partial charge in [0.25, 0.3) is 0 Å². The molecule has 1 aromatic carbocycles. The molecule has 2 heterocycles. The first-order chi connectivity index (χ1) is 9.29. The van der Waals surface area contributed by atoms with Crippen LogP contribution in [-0.2, 0) is 0 Å². The second kappa shape index (κ2) is 4.90. The highest BCUT2D eigenvalue weighted by Gasteiger charge is 2.12. The molecule has 0 unspecified atom stereocenters. The van der Waals surface area contributed by atoms with Crippen LogP contribution in [0.4, 0.5) is 5.69 Å². The van der Waals surface area contributed by atoms with Crippen LogP contribution in [0.3, 0.4) is 0 Å². The molecule has 3 rings (SSSR count). The quantitative estimate of drug-likeness (QED) is 0.784. The molecular formula is C15H14N2OS. The maximum absolute atomic E-state index is 6.16. The van der Waals surface area contributed by atoms with E-state index in [-0.39, 0.29) is 0 Å². The SMILES string of the molecule is CCOc1cc(N)c2c(-c3ccccc3)csc2n1. The van der Waals surface area contributed by atoms with Gasteiger partial charge in [-0.25, -0.2) is 4.98 Å². The third kappa shape index (κ3) is 2.15. The maximum atomic E-state index is 6.16. The molecule has 0 aliphatic carbocycles. The first kappa shape index (κ1) is 12.0. The van der Waals surface area contributed by atoms with Crippen molar-refractivity contribution in [2.45, 2.75) is 6.92 Å². The minimum atomic E-state index is 0.592. The summed E-state index contributed by atoms with van der Waals surface area (Å²) in [6, 6.07) is 12.0. The second-order valence-corrected chi connectivity index (χ2v) is 5.04. The van der Waals surface area contributed by atoms with Crippen molar-refractivity contribution in [3.05, 3.63) is 41.8 Å². The lowest BCUT2D eigenvalue weighted by Gasteiger charge is -2.06. The van der Waals surface area contributed by atoms with Crippen molar-refractivity contribution in [1.29, 1.82) is 0 Å². The predicted octanol–water partition coefficient (Wildman–Crippen LogP) is 3.94. The minimum absolute atomic E-state index is 0.592. The highest BCUT2D eigenvalue weighted by molar-refractivity contribution is 7.17. The van der Waals surface area contributed by atoms with Crippen LogP contribution < -0.4 is 10.5 Å². The van der Waals surface area contributed by atoms with Crippen LogP contribution in [0.25, 0.3) is 21.3 Å². The van der Waals surface area contributed by atoms with Crippen LogP contribution in [0.5, 0.6) is 5.88 Å². The monoisotopic (exact) mass is 270 g/mol. The lowest BCUT2D eigenvalue weighted by molar-refractivity contribution is 0.328. The zero-order valence-electron chi connectivity index (χ0n) is 10.6. The highest BCUT2D eigenvalue weighted by atomic mass is 32.1. The molecule has 2 aromatic heterocycles. The Morgan fingerprint density at radius 1 is 1.26 bits per heavy atom. The molecule has 0 aliphatic heterocycles. The van der Waals surface area contributed by atoms with E-state index in [1.807, 2.05) is 25.1 Å². The molecular weight excluding hydrogens is 256 g/mol. The molecule has 0 aliphatic rings. The zero-order chi connectivity index (χ0) is 13.2. The van der Waals surface area contributed by atoms with Crippen LogP contribution in [0, 0.1) is 0 Å². The number of nitrogen functional groups attached to an aromatic ring is 1. The third-order valence-corrected chi connectivity index (χ3v) is 3.80. The van der Waals surface area contributed by atoms with E-state index >= 15 is 0 Å². The number of nitrogens with two attached hydrogens (primary N) is 1. The molecule has 96 valence electrons. The Balaban J connectivity index is 2.19. The van der Waals surface area contributed by atoms with Gasteiger partial charge in [0, 0.05) is 28.1 Å². The van der Waals surface area contributed by atoms with Crippen LogP contribution in [0.2, 0.25) is 0 Å². The molecule has 0 spiro atoms. The molecule has 3 nitrogen and oxygen atoms in total. The fraction of sp³-hybridized carbons (Fsp3) is 0.133. The number of hydrogen-bond donors (Lipinski definition) is 1. The topological polar surface area (TPSA) is 48.1 Å². The Bertz CT molecular complexity index is 707. The molecule has 0 bridgehead atoms. The van der Waals surface area contributed by atoms with Crippen LogP contribution in [-0.4, -0.2) is 11.6 Å². The van der Waals surface area contributed by atoms with Crippen molar-refractivity contribution in [1.82, 2.24) is 4.98 Å². The van der Waals surface area contributed by atoms with Gasteiger partial charge in [-0.1, -0.05) is 30.3 Å². The van der Waals surface area contributed by atoms with Gasteiger partial charge >= 0.3 is 0 Å². The van der Waals surface area contributed by atoms with Crippen molar-refractivity contribution >= 4 is 27.2 Å². The number of aromatic nitrogens is 1. The Hall–Kier alpha value is -2.07. The van der Waals surface area contributed by atoms with E-state index in [0.717, 1.165) is 21.3 Å². The Morgan fingerprint density at radius 3 is 2.79 bits per heavy atom. The summed E-state index contributed by atoms with van der Waals surface area (Å²) in [5, 5.41) is 3.11. The molecule has 0 fully saturated rings. The van der Waals surface area contributed by atoms with E-state index in [9.17, 15) is 0 Å². The molecule has 0 saturated heterocycles. The fourth-order valence-corrected chi connectivity index (χ4v) is 3.07. The van der Waals surface area contributed by atoms with Gasteiger partial charge in [-0.05, 0) is 12.5 Å². The summed E-state index contributed by atoms with van der Waals surface area (Å²) in [6.07, 6.45) is 0. The van der Waals surface area contributed by atoms with E-state index in [1.54, 1.807) is 17.4 Å².